The van der Waals surface area contributed by atoms with Crippen molar-refractivity contribution >= 4 is 22.3 Å². The van der Waals surface area contributed by atoms with Crippen LogP contribution in [-0.2, 0) is 7.05 Å². The van der Waals surface area contributed by atoms with Crippen LogP contribution in [0.1, 0.15) is 11.1 Å². The predicted molar refractivity (Wildman–Crippen MR) is 80.5 cm³/mol. The van der Waals surface area contributed by atoms with Crippen LogP contribution in [0.5, 0.6) is 0 Å². The van der Waals surface area contributed by atoms with Gasteiger partial charge in [-0.2, -0.15) is 5.10 Å². The van der Waals surface area contributed by atoms with E-state index >= 15 is 0 Å². The summed E-state index contributed by atoms with van der Waals surface area (Å²) in [5.74, 6) is 0. The average Bonchev–Trinajstić information content (AvgIpc) is 2.91. The lowest BCUT2D eigenvalue weighted by Gasteiger charge is -2.12. The maximum Gasteiger partial charge on any atom is 0.271 e. The highest BCUT2D eigenvalue weighted by molar-refractivity contribution is 5.88. The number of hydrogen-bond donors (Lipinski definition) is 2. The van der Waals surface area contributed by atoms with Crippen molar-refractivity contribution in [1.82, 2.24) is 14.8 Å². The highest BCUT2D eigenvalue weighted by Crippen LogP contribution is 2.27. The second kappa shape index (κ2) is 4.52. The monoisotopic (exact) mass is 268 g/mol. The third-order valence-corrected chi connectivity index (χ3v) is 3.65. The smallest absolute Gasteiger partial charge is 0.271 e. The minimum absolute atomic E-state index is 0.0876. The van der Waals surface area contributed by atoms with Gasteiger partial charge in [-0.25, -0.2) is 4.68 Å². The summed E-state index contributed by atoms with van der Waals surface area (Å²) < 4.78 is 1.34. The Hall–Kier alpha value is -2.56. The van der Waals surface area contributed by atoms with Crippen molar-refractivity contribution in [2.75, 3.05) is 5.32 Å². The molecule has 3 rings (SSSR count). The van der Waals surface area contributed by atoms with Gasteiger partial charge in [-0.05, 0) is 37.6 Å². The van der Waals surface area contributed by atoms with E-state index in [9.17, 15) is 4.79 Å². The van der Waals surface area contributed by atoms with Crippen LogP contribution >= 0.6 is 0 Å². The second-order valence-electron chi connectivity index (χ2n) is 4.91. The molecule has 0 aliphatic heterocycles. The van der Waals surface area contributed by atoms with Crippen molar-refractivity contribution in [2.24, 2.45) is 7.05 Å². The van der Waals surface area contributed by atoms with Crippen LogP contribution in [0, 0.1) is 13.8 Å². The van der Waals surface area contributed by atoms with Gasteiger partial charge in [0.05, 0.1) is 11.9 Å². The summed E-state index contributed by atoms with van der Waals surface area (Å²) in [5.41, 5.74) is 4.54. The van der Waals surface area contributed by atoms with Crippen LogP contribution in [-0.4, -0.2) is 14.8 Å². The van der Waals surface area contributed by atoms with E-state index in [4.69, 9.17) is 0 Å². The Morgan fingerprint density at radius 3 is 2.75 bits per heavy atom. The number of nitrogens with one attached hydrogen (secondary N) is 2. The van der Waals surface area contributed by atoms with Gasteiger partial charge in [-0.15, -0.1) is 0 Å². The molecule has 5 nitrogen and oxygen atoms in total. The molecule has 0 aliphatic carbocycles. The van der Waals surface area contributed by atoms with E-state index in [-0.39, 0.29) is 5.56 Å². The number of fused-ring (bicyclic) bond motifs is 1. The fourth-order valence-corrected chi connectivity index (χ4v) is 2.34. The third kappa shape index (κ3) is 1.87. The van der Waals surface area contributed by atoms with Gasteiger partial charge in [-0.3, -0.25) is 4.79 Å². The van der Waals surface area contributed by atoms with Crippen molar-refractivity contribution in [3.8, 4) is 0 Å². The van der Waals surface area contributed by atoms with Crippen molar-refractivity contribution in [3.63, 3.8) is 0 Å². The van der Waals surface area contributed by atoms with Crippen molar-refractivity contribution in [1.29, 1.82) is 0 Å². The lowest BCUT2D eigenvalue weighted by atomic mass is 10.1. The van der Waals surface area contributed by atoms with Gasteiger partial charge < -0.3 is 10.3 Å². The molecule has 2 aromatic heterocycles. The quantitative estimate of drug-likeness (QED) is 0.751. The molecule has 2 heterocycles. The van der Waals surface area contributed by atoms with E-state index in [1.807, 2.05) is 24.4 Å². The van der Waals surface area contributed by atoms with Gasteiger partial charge in [0, 0.05) is 35.4 Å². The Kier molecular flexibility index (Phi) is 2.82. The molecule has 0 amide bonds. The first-order chi connectivity index (χ1) is 9.58. The van der Waals surface area contributed by atoms with E-state index in [1.165, 1.54) is 10.1 Å². The fraction of sp³-hybridized carbons (Fsp3) is 0.200. The van der Waals surface area contributed by atoms with E-state index in [1.54, 1.807) is 20.2 Å². The molecular formula is C15H16N4O. The number of aromatic amines is 1. The zero-order valence-electron chi connectivity index (χ0n) is 11.7. The minimum atomic E-state index is -0.0876. The molecule has 0 spiro atoms. The van der Waals surface area contributed by atoms with Crippen LogP contribution in [0.25, 0.3) is 10.9 Å². The number of hydrogen-bond acceptors (Lipinski definition) is 3. The van der Waals surface area contributed by atoms with Gasteiger partial charge in [0.2, 0.25) is 0 Å². The van der Waals surface area contributed by atoms with Crippen molar-refractivity contribution in [2.45, 2.75) is 13.8 Å². The highest BCUT2D eigenvalue weighted by Gasteiger charge is 2.08. The molecule has 0 fully saturated rings. The summed E-state index contributed by atoms with van der Waals surface area (Å²) in [6.07, 6.45) is 3.60. The first-order valence-electron chi connectivity index (χ1n) is 6.44. The molecule has 0 saturated carbocycles. The zero-order valence-corrected chi connectivity index (χ0v) is 11.7. The SMILES string of the molecule is Cc1c(Nc2ccc3[nH]ccc3c2C)cnn(C)c1=O. The minimum Gasteiger partial charge on any atom is -0.361 e. The lowest BCUT2D eigenvalue weighted by Crippen LogP contribution is -2.22. The zero-order chi connectivity index (χ0) is 14.3. The molecule has 2 N–H and O–H groups in total. The predicted octanol–water partition coefficient (Wildman–Crippen LogP) is 2.62. The van der Waals surface area contributed by atoms with Gasteiger partial charge in [0.25, 0.3) is 5.56 Å². The number of aromatic nitrogens is 3. The molecule has 20 heavy (non-hydrogen) atoms. The Balaban J connectivity index is 2.07. The van der Waals surface area contributed by atoms with Crippen LogP contribution in [0.15, 0.2) is 35.4 Å². The summed E-state index contributed by atoms with van der Waals surface area (Å²) in [7, 11) is 1.65. The van der Waals surface area contributed by atoms with E-state index in [0.717, 1.165) is 22.5 Å². The summed E-state index contributed by atoms with van der Waals surface area (Å²) >= 11 is 0. The summed E-state index contributed by atoms with van der Waals surface area (Å²) in [6.45, 7) is 3.86. The van der Waals surface area contributed by atoms with Gasteiger partial charge >= 0.3 is 0 Å². The average molecular weight is 268 g/mol. The highest BCUT2D eigenvalue weighted by atomic mass is 16.1. The van der Waals surface area contributed by atoms with Gasteiger partial charge in [0.15, 0.2) is 0 Å². The van der Waals surface area contributed by atoms with Crippen LogP contribution in [0.3, 0.4) is 0 Å². The third-order valence-electron chi connectivity index (χ3n) is 3.65. The van der Waals surface area contributed by atoms with Crippen molar-refractivity contribution in [3.05, 3.63) is 52.1 Å². The van der Waals surface area contributed by atoms with E-state index < -0.39 is 0 Å². The molecule has 5 heteroatoms. The molecular weight excluding hydrogens is 252 g/mol. The number of H-pyrrole nitrogens is 1. The summed E-state index contributed by atoms with van der Waals surface area (Å²) in [4.78, 5) is 15.1. The number of benzene rings is 1. The molecule has 0 unspecified atom stereocenters. The number of anilines is 2. The van der Waals surface area contributed by atoms with Gasteiger partial charge in [0.1, 0.15) is 0 Å². The summed E-state index contributed by atoms with van der Waals surface area (Å²) in [6, 6.07) is 6.07. The van der Waals surface area contributed by atoms with E-state index in [2.05, 4.69) is 22.3 Å². The molecule has 0 atom stereocenters. The molecule has 3 aromatic rings. The maximum absolute atomic E-state index is 11.9. The largest absolute Gasteiger partial charge is 0.361 e. The fourth-order valence-electron chi connectivity index (χ4n) is 2.34. The Bertz CT molecular complexity index is 845. The molecule has 0 bridgehead atoms. The van der Waals surface area contributed by atoms with Crippen LogP contribution in [0.4, 0.5) is 11.4 Å². The normalized spacial score (nSPS) is 10.9. The van der Waals surface area contributed by atoms with Crippen LogP contribution < -0.4 is 10.9 Å². The summed E-state index contributed by atoms with van der Waals surface area (Å²) in [5, 5.41) is 8.52. The number of nitrogens with zero attached hydrogens (tertiary/aromatic N) is 2. The first kappa shape index (κ1) is 12.5. The van der Waals surface area contributed by atoms with Crippen molar-refractivity contribution < 1.29 is 0 Å². The first-order valence-corrected chi connectivity index (χ1v) is 6.44. The Morgan fingerprint density at radius 1 is 1.15 bits per heavy atom. The topological polar surface area (TPSA) is 62.7 Å². The molecule has 0 aliphatic rings. The standard InChI is InChI=1S/C15H16N4O/c1-9-11-6-7-16-13(11)5-4-12(9)18-14-8-17-19(3)15(20)10(14)2/h4-8,16,18H,1-3H3. The lowest BCUT2D eigenvalue weighted by molar-refractivity contribution is 0.702. The number of rotatable bonds is 2. The molecule has 102 valence electrons. The Morgan fingerprint density at radius 2 is 1.95 bits per heavy atom. The molecule has 0 saturated heterocycles. The van der Waals surface area contributed by atoms with E-state index in [0.29, 0.717) is 5.56 Å². The van der Waals surface area contributed by atoms with Gasteiger partial charge in [-0.1, -0.05) is 0 Å². The second-order valence-corrected chi connectivity index (χ2v) is 4.91. The molecule has 1 aromatic carbocycles. The van der Waals surface area contributed by atoms with Crippen LogP contribution in [0.2, 0.25) is 0 Å². The molecule has 0 radical (unpaired) electrons. The Labute approximate surface area is 116 Å². The number of aryl methyl sites for hydroxylation is 2. The maximum atomic E-state index is 11.9.